The standard InChI is InChI=1S/C13H20ClN/c1-13(2,3)10-15-9-8-11-6-4-5-7-12(11)14/h4-7,15H,8-10H2,1-3H3. The molecule has 0 bridgehead atoms. The van der Waals surface area contributed by atoms with E-state index in [2.05, 4.69) is 32.2 Å². The summed E-state index contributed by atoms with van der Waals surface area (Å²) in [7, 11) is 0. The van der Waals surface area contributed by atoms with E-state index in [4.69, 9.17) is 11.6 Å². The summed E-state index contributed by atoms with van der Waals surface area (Å²) in [6.45, 7) is 8.72. The van der Waals surface area contributed by atoms with Gasteiger partial charge in [0.2, 0.25) is 0 Å². The molecule has 0 aromatic heterocycles. The van der Waals surface area contributed by atoms with Gasteiger partial charge in [0, 0.05) is 11.6 Å². The van der Waals surface area contributed by atoms with Crippen molar-refractivity contribution in [1.82, 2.24) is 5.32 Å². The number of nitrogens with one attached hydrogen (secondary N) is 1. The van der Waals surface area contributed by atoms with Crippen molar-refractivity contribution in [2.75, 3.05) is 13.1 Å². The Labute approximate surface area is 97.8 Å². The van der Waals surface area contributed by atoms with Gasteiger partial charge in [-0.15, -0.1) is 0 Å². The SMILES string of the molecule is CC(C)(C)CNCCc1ccccc1Cl. The van der Waals surface area contributed by atoms with Crippen LogP contribution in [0.2, 0.25) is 5.02 Å². The van der Waals surface area contributed by atoms with E-state index in [1.54, 1.807) is 0 Å². The zero-order valence-corrected chi connectivity index (χ0v) is 10.6. The van der Waals surface area contributed by atoms with Crippen LogP contribution in [0.25, 0.3) is 0 Å². The molecule has 1 nitrogen and oxygen atoms in total. The molecule has 2 heteroatoms. The third-order valence-corrected chi connectivity index (χ3v) is 2.55. The van der Waals surface area contributed by atoms with Gasteiger partial charge >= 0.3 is 0 Å². The summed E-state index contributed by atoms with van der Waals surface area (Å²) >= 11 is 6.07. The number of halogens is 1. The van der Waals surface area contributed by atoms with Gasteiger partial charge in [-0.25, -0.2) is 0 Å². The van der Waals surface area contributed by atoms with E-state index in [0.717, 1.165) is 24.5 Å². The van der Waals surface area contributed by atoms with Crippen LogP contribution in [0.15, 0.2) is 24.3 Å². The summed E-state index contributed by atoms with van der Waals surface area (Å²) in [5.41, 5.74) is 1.57. The van der Waals surface area contributed by atoms with Crippen molar-refractivity contribution < 1.29 is 0 Å². The second-order valence-electron chi connectivity index (χ2n) is 5.08. The van der Waals surface area contributed by atoms with Gasteiger partial charge in [0.25, 0.3) is 0 Å². The van der Waals surface area contributed by atoms with Crippen molar-refractivity contribution in [3.8, 4) is 0 Å². The quantitative estimate of drug-likeness (QED) is 0.774. The first-order chi connectivity index (χ1) is 6.99. The molecule has 1 N–H and O–H groups in total. The summed E-state index contributed by atoms with van der Waals surface area (Å²) in [5.74, 6) is 0. The minimum absolute atomic E-state index is 0.348. The van der Waals surface area contributed by atoms with Crippen molar-refractivity contribution in [3.05, 3.63) is 34.9 Å². The average Bonchev–Trinajstić information content (AvgIpc) is 2.13. The lowest BCUT2D eigenvalue weighted by Gasteiger charge is -2.18. The smallest absolute Gasteiger partial charge is 0.0438 e. The maximum atomic E-state index is 6.07. The first-order valence-corrected chi connectivity index (χ1v) is 5.81. The predicted octanol–water partition coefficient (Wildman–Crippen LogP) is 3.52. The van der Waals surface area contributed by atoms with Crippen LogP contribution in [0.5, 0.6) is 0 Å². The normalized spacial score (nSPS) is 11.7. The topological polar surface area (TPSA) is 12.0 Å². The van der Waals surface area contributed by atoms with Crippen molar-refractivity contribution >= 4 is 11.6 Å². The molecule has 0 saturated carbocycles. The van der Waals surface area contributed by atoms with Crippen molar-refractivity contribution in [2.24, 2.45) is 5.41 Å². The molecule has 0 unspecified atom stereocenters. The third kappa shape index (κ3) is 5.19. The summed E-state index contributed by atoms with van der Waals surface area (Å²) < 4.78 is 0. The Morgan fingerprint density at radius 3 is 2.47 bits per heavy atom. The fourth-order valence-electron chi connectivity index (χ4n) is 1.39. The molecule has 1 rings (SSSR count). The van der Waals surface area contributed by atoms with Crippen LogP contribution in [0.3, 0.4) is 0 Å². The van der Waals surface area contributed by atoms with Gasteiger partial charge < -0.3 is 5.32 Å². The Morgan fingerprint density at radius 2 is 1.87 bits per heavy atom. The zero-order chi connectivity index (χ0) is 11.3. The predicted molar refractivity (Wildman–Crippen MR) is 67.5 cm³/mol. The molecule has 0 aliphatic heterocycles. The van der Waals surface area contributed by atoms with Crippen molar-refractivity contribution in [3.63, 3.8) is 0 Å². The van der Waals surface area contributed by atoms with Crippen LogP contribution in [-0.2, 0) is 6.42 Å². The van der Waals surface area contributed by atoms with Gasteiger partial charge in [-0.1, -0.05) is 50.6 Å². The molecular weight excluding hydrogens is 206 g/mol. The highest BCUT2D eigenvalue weighted by Gasteiger charge is 2.08. The van der Waals surface area contributed by atoms with E-state index in [9.17, 15) is 0 Å². The molecule has 0 radical (unpaired) electrons. The van der Waals surface area contributed by atoms with Gasteiger partial charge in [-0.2, -0.15) is 0 Å². The average molecular weight is 226 g/mol. The molecule has 0 saturated heterocycles. The van der Waals surface area contributed by atoms with Gasteiger partial charge in [0.15, 0.2) is 0 Å². The Kier molecular flexibility index (Phi) is 4.62. The second-order valence-corrected chi connectivity index (χ2v) is 5.49. The van der Waals surface area contributed by atoms with Crippen molar-refractivity contribution in [1.29, 1.82) is 0 Å². The van der Waals surface area contributed by atoms with Gasteiger partial charge in [0.05, 0.1) is 0 Å². The Morgan fingerprint density at radius 1 is 1.20 bits per heavy atom. The molecule has 0 spiro atoms. The van der Waals surface area contributed by atoms with Gasteiger partial charge in [-0.3, -0.25) is 0 Å². The van der Waals surface area contributed by atoms with E-state index < -0.39 is 0 Å². The Balaban J connectivity index is 2.30. The summed E-state index contributed by atoms with van der Waals surface area (Å²) in [6, 6.07) is 8.03. The first kappa shape index (κ1) is 12.5. The molecule has 0 amide bonds. The maximum absolute atomic E-state index is 6.07. The summed E-state index contributed by atoms with van der Waals surface area (Å²) in [5, 5.41) is 4.31. The fourth-order valence-corrected chi connectivity index (χ4v) is 1.62. The molecule has 0 atom stereocenters. The number of hydrogen-bond donors (Lipinski definition) is 1. The second kappa shape index (κ2) is 5.53. The Bertz CT molecular complexity index is 302. The number of benzene rings is 1. The molecule has 0 aliphatic rings. The molecule has 1 aromatic rings. The molecule has 0 heterocycles. The molecule has 1 aromatic carbocycles. The minimum atomic E-state index is 0.348. The zero-order valence-electron chi connectivity index (χ0n) is 9.81. The van der Waals surface area contributed by atoms with Gasteiger partial charge in [0.1, 0.15) is 0 Å². The maximum Gasteiger partial charge on any atom is 0.0438 e. The molecule has 84 valence electrons. The number of rotatable bonds is 4. The van der Waals surface area contributed by atoms with Crippen LogP contribution in [0.1, 0.15) is 26.3 Å². The fraction of sp³-hybridized carbons (Fsp3) is 0.538. The van der Waals surface area contributed by atoms with Crippen molar-refractivity contribution in [2.45, 2.75) is 27.2 Å². The largest absolute Gasteiger partial charge is 0.316 e. The van der Waals surface area contributed by atoms with Crippen LogP contribution < -0.4 is 5.32 Å². The van der Waals surface area contributed by atoms with Crippen LogP contribution in [0, 0.1) is 5.41 Å². The van der Waals surface area contributed by atoms with E-state index in [1.165, 1.54) is 5.56 Å². The lowest BCUT2D eigenvalue weighted by molar-refractivity contribution is 0.381. The summed E-state index contributed by atoms with van der Waals surface area (Å²) in [6.07, 6.45) is 0.996. The first-order valence-electron chi connectivity index (χ1n) is 5.43. The van der Waals surface area contributed by atoms with Crippen LogP contribution >= 0.6 is 11.6 Å². The van der Waals surface area contributed by atoms with Gasteiger partial charge in [-0.05, 0) is 30.0 Å². The molecule has 15 heavy (non-hydrogen) atoms. The molecule has 0 fully saturated rings. The van der Waals surface area contributed by atoms with E-state index >= 15 is 0 Å². The monoisotopic (exact) mass is 225 g/mol. The highest BCUT2D eigenvalue weighted by Crippen LogP contribution is 2.15. The summed E-state index contributed by atoms with van der Waals surface area (Å²) in [4.78, 5) is 0. The minimum Gasteiger partial charge on any atom is -0.316 e. The lowest BCUT2D eigenvalue weighted by Crippen LogP contribution is -2.28. The van der Waals surface area contributed by atoms with E-state index in [1.807, 2.05) is 18.2 Å². The lowest BCUT2D eigenvalue weighted by atomic mass is 9.97. The third-order valence-electron chi connectivity index (χ3n) is 2.18. The van der Waals surface area contributed by atoms with Crippen LogP contribution in [-0.4, -0.2) is 13.1 Å². The Hall–Kier alpha value is -0.530. The number of hydrogen-bond acceptors (Lipinski definition) is 1. The van der Waals surface area contributed by atoms with E-state index in [0.29, 0.717) is 5.41 Å². The molecular formula is C13H20ClN. The van der Waals surface area contributed by atoms with E-state index in [-0.39, 0.29) is 0 Å². The highest BCUT2D eigenvalue weighted by molar-refractivity contribution is 6.31. The highest BCUT2D eigenvalue weighted by atomic mass is 35.5. The van der Waals surface area contributed by atoms with Crippen LogP contribution in [0.4, 0.5) is 0 Å². The molecule has 0 aliphatic carbocycles.